The van der Waals surface area contributed by atoms with Crippen molar-refractivity contribution in [1.82, 2.24) is 9.88 Å². The van der Waals surface area contributed by atoms with Crippen LogP contribution in [0.2, 0.25) is 0 Å². The van der Waals surface area contributed by atoms with Gasteiger partial charge in [0.2, 0.25) is 0 Å². The van der Waals surface area contributed by atoms with Gasteiger partial charge in [-0.05, 0) is 49.3 Å². The zero-order valence-corrected chi connectivity index (χ0v) is 15.3. The Labute approximate surface area is 157 Å². The summed E-state index contributed by atoms with van der Waals surface area (Å²) < 4.78 is 14.3. The number of β-amino-alcohol motifs (C(OH)–C–C–N with tert-alkyl or cyclic N) is 1. The number of aromatic hydroxyl groups is 1. The molecule has 5 heteroatoms. The molecule has 0 saturated carbocycles. The number of hydrogen-bond donors (Lipinski definition) is 3. The van der Waals surface area contributed by atoms with Gasteiger partial charge in [-0.1, -0.05) is 24.3 Å². The molecule has 3 N–H and O–H groups in total. The summed E-state index contributed by atoms with van der Waals surface area (Å²) in [5.41, 5.74) is 1.97. The molecular weight excluding hydrogens is 343 g/mol. The fraction of sp³-hybridized carbons (Fsp3) is 0.364. The maximum atomic E-state index is 14.3. The summed E-state index contributed by atoms with van der Waals surface area (Å²) >= 11 is 0. The van der Waals surface area contributed by atoms with Gasteiger partial charge in [0.25, 0.3) is 0 Å². The lowest BCUT2D eigenvalue weighted by atomic mass is 9.56. The van der Waals surface area contributed by atoms with E-state index in [1.165, 1.54) is 6.07 Å². The number of piperidine rings is 1. The lowest BCUT2D eigenvalue weighted by Gasteiger charge is -2.55. The fourth-order valence-electron chi connectivity index (χ4n) is 5.33. The maximum absolute atomic E-state index is 14.3. The zero-order valence-electron chi connectivity index (χ0n) is 15.3. The largest absolute Gasteiger partial charge is 0.508 e. The zero-order chi connectivity index (χ0) is 18.8. The van der Waals surface area contributed by atoms with E-state index in [4.69, 9.17) is 0 Å². The van der Waals surface area contributed by atoms with Crippen molar-refractivity contribution in [3.63, 3.8) is 0 Å². The third-order valence-corrected chi connectivity index (χ3v) is 6.67. The second-order valence-electron chi connectivity index (χ2n) is 8.25. The Morgan fingerprint density at radius 2 is 1.96 bits per heavy atom. The van der Waals surface area contributed by atoms with E-state index in [9.17, 15) is 14.6 Å². The van der Waals surface area contributed by atoms with Gasteiger partial charge in [-0.2, -0.15) is 0 Å². The number of halogens is 1. The first-order valence-electron chi connectivity index (χ1n) is 9.40. The minimum atomic E-state index is -0.984. The van der Waals surface area contributed by atoms with Crippen molar-refractivity contribution in [1.29, 1.82) is 0 Å². The highest BCUT2D eigenvalue weighted by Crippen LogP contribution is 2.51. The highest BCUT2D eigenvalue weighted by atomic mass is 19.1. The molecule has 2 aromatic carbocycles. The predicted molar refractivity (Wildman–Crippen MR) is 103 cm³/mol. The summed E-state index contributed by atoms with van der Waals surface area (Å²) in [6, 6.07) is 12.4. The van der Waals surface area contributed by atoms with E-state index < -0.39 is 11.0 Å². The van der Waals surface area contributed by atoms with Crippen LogP contribution in [-0.2, 0) is 18.3 Å². The van der Waals surface area contributed by atoms with Gasteiger partial charge in [0.05, 0.1) is 11.1 Å². The van der Waals surface area contributed by atoms with Crippen LogP contribution in [0.1, 0.15) is 23.2 Å². The number of likely N-dealkylation sites (tertiary alicyclic amines) is 1. The number of nitrogens with zero attached hydrogens (tertiary/aromatic N) is 1. The molecule has 2 atom stereocenters. The van der Waals surface area contributed by atoms with Gasteiger partial charge < -0.3 is 20.1 Å². The van der Waals surface area contributed by atoms with Crippen LogP contribution in [0.5, 0.6) is 5.75 Å². The van der Waals surface area contributed by atoms with Gasteiger partial charge in [0.15, 0.2) is 0 Å². The van der Waals surface area contributed by atoms with Crippen molar-refractivity contribution >= 4 is 10.9 Å². The number of likely N-dealkylation sites (N-methyl/N-ethyl adjacent to an activating group) is 1. The van der Waals surface area contributed by atoms with Crippen LogP contribution in [0.3, 0.4) is 0 Å². The molecule has 0 radical (unpaired) electrons. The molecule has 2 aliphatic rings. The van der Waals surface area contributed by atoms with E-state index in [-0.39, 0.29) is 11.6 Å². The molecule has 3 aromatic rings. The van der Waals surface area contributed by atoms with Gasteiger partial charge in [-0.15, -0.1) is 0 Å². The number of aliphatic hydroxyl groups is 1. The molecule has 1 fully saturated rings. The Morgan fingerprint density at radius 1 is 1.15 bits per heavy atom. The molecule has 0 amide bonds. The van der Waals surface area contributed by atoms with Crippen LogP contribution in [0.25, 0.3) is 10.9 Å². The number of fused-ring (bicyclic) bond motifs is 4. The monoisotopic (exact) mass is 366 g/mol. The highest BCUT2D eigenvalue weighted by Gasteiger charge is 2.57. The number of para-hydroxylation sites is 1. The smallest absolute Gasteiger partial charge is 0.147 e. The third kappa shape index (κ3) is 2.28. The van der Waals surface area contributed by atoms with Crippen molar-refractivity contribution < 1.29 is 14.6 Å². The number of phenols is 1. The molecule has 2 heterocycles. The quantitative estimate of drug-likeness (QED) is 0.620. The molecule has 1 aliphatic carbocycles. The molecular formula is C22H23FN2O2. The van der Waals surface area contributed by atoms with Crippen LogP contribution in [-0.4, -0.2) is 45.8 Å². The van der Waals surface area contributed by atoms with Gasteiger partial charge >= 0.3 is 0 Å². The first-order valence-corrected chi connectivity index (χ1v) is 9.40. The van der Waals surface area contributed by atoms with Gasteiger partial charge in [0, 0.05) is 35.9 Å². The van der Waals surface area contributed by atoms with Crippen LogP contribution in [0.4, 0.5) is 4.39 Å². The highest BCUT2D eigenvalue weighted by molar-refractivity contribution is 5.86. The number of H-pyrrole nitrogens is 1. The Balaban J connectivity index is 1.74. The number of aromatic nitrogens is 1. The van der Waals surface area contributed by atoms with Crippen LogP contribution < -0.4 is 0 Å². The first kappa shape index (κ1) is 16.8. The molecule has 1 aromatic heterocycles. The van der Waals surface area contributed by atoms with E-state index >= 15 is 0 Å². The topological polar surface area (TPSA) is 59.5 Å². The second kappa shape index (κ2) is 5.57. The standard InChI is InChI=1S/C22H23FN2O2/c1-25-9-8-21(14-4-2-5-15(26)10-14)12-19-17(11-22(21,27)13-25)16-6-3-7-18(23)20(16)24-19/h2-7,10,24,26-27H,8-9,11-13H2,1H3/t21-,22-/m0/s1. The van der Waals surface area contributed by atoms with Crippen molar-refractivity contribution in [2.24, 2.45) is 0 Å². The number of nitrogens with one attached hydrogen (secondary N) is 1. The minimum absolute atomic E-state index is 0.205. The van der Waals surface area contributed by atoms with Crippen LogP contribution >= 0.6 is 0 Å². The second-order valence-corrected chi connectivity index (χ2v) is 8.25. The van der Waals surface area contributed by atoms with Gasteiger partial charge in [-0.3, -0.25) is 0 Å². The minimum Gasteiger partial charge on any atom is -0.508 e. The van der Waals surface area contributed by atoms with Crippen molar-refractivity contribution in [2.75, 3.05) is 20.1 Å². The molecule has 140 valence electrons. The predicted octanol–water partition coefficient (Wildman–Crippen LogP) is 3.12. The lowest BCUT2D eigenvalue weighted by Crippen LogP contribution is -2.65. The summed E-state index contributed by atoms with van der Waals surface area (Å²) in [6.45, 7) is 1.41. The van der Waals surface area contributed by atoms with Crippen LogP contribution in [0, 0.1) is 5.82 Å². The Morgan fingerprint density at radius 3 is 2.78 bits per heavy atom. The Bertz CT molecular complexity index is 1050. The number of phenolic OH excluding ortho intramolecular Hbond substituents is 1. The molecule has 4 nitrogen and oxygen atoms in total. The number of rotatable bonds is 1. The molecule has 27 heavy (non-hydrogen) atoms. The number of benzene rings is 2. The Hall–Kier alpha value is -2.37. The van der Waals surface area contributed by atoms with E-state index in [2.05, 4.69) is 9.88 Å². The average molecular weight is 366 g/mol. The SMILES string of the molecule is CN1CC[C@@]2(c3cccc(O)c3)Cc3[nH]c4c(F)cccc4c3C[C@]2(O)C1. The maximum Gasteiger partial charge on any atom is 0.147 e. The van der Waals surface area contributed by atoms with Crippen LogP contribution in [0.15, 0.2) is 42.5 Å². The molecule has 5 rings (SSSR count). The average Bonchev–Trinajstić information content (AvgIpc) is 2.97. The third-order valence-electron chi connectivity index (χ3n) is 6.67. The van der Waals surface area contributed by atoms with Crippen molar-refractivity contribution in [3.8, 4) is 5.75 Å². The van der Waals surface area contributed by atoms with E-state index in [0.717, 1.165) is 35.2 Å². The normalized spacial score (nSPS) is 28.1. The lowest BCUT2D eigenvalue weighted by molar-refractivity contribution is -0.0972. The molecule has 1 saturated heterocycles. The summed E-state index contributed by atoms with van der Waals surface area (Å²) in [7, 11) is 2.02. The van der Waals surface area contributed by atoms with E-state index in [1.54, 1.807) is 18.2 Å². The molecule has 0 spiro atoms. The van der Waals surface area contributed by atoms with Crippen molar-refractivity contribution in [2.45, 2.75) is 30.3 Å². The molecule has 0 bridgehead atoms. The van der Waals surface area contributed by atoms with Gasteiger partial charge in [0.1, 0.15) is 11.6 Å². The van der Waals surface area contributed by atoms with E-state index in [0.29, 0.717) is 24.9 Å². The summed E-state index contributed by atoms with van der Waals surface area (Å²) in [5.74, 6) is -0.0583. The fourth-order valence-corrected chi connectivity index (χ4v) is 5.33. The summed E-state index contributed by atoms with van der Waals surface area (Å²) in [5, 5.41) is 22.8. The summed E-state index contributed by atoms with van der Waals surface area (Å²) in [4.78, 5) is 5.45. The van der Waals surface area contributed by atoms with Gasteiger partial charge in [-0.25, -0.2) is 4.39 Å². The molecule has 0 unspecified atom stereocenters. The van der Waals surface area contributed by atoms with E-state index in [1.807, 2.05) is 25.2 Å². The van der Waals surface area contributed by atoms with Crippen molar-refractivity contribution in [3.05, 3.63) is 65.1 Å². The number of hydrogen-bond acceptors (Lipinski definition) is 3. The Kier molecular flexibility index (Phi) is 3.46. The summed E-state index contributed by atoms with van der Waals surface area (Å²) in [6.07, 6.45) is 1.84. The molecule has 1 aliphatic heterocycles. The number of aromatic amines is 1. The first-order chi connectivity index (χ1) is 12.9.